The standard InChI is InChI=1S/C15H12FN3/c16-13-6-4-12(5-7-13)9-19-10-15(18-11-19)14-3-1-2-8-17-14/h1-8,10-11H,9H2. The molecule has 0 aliphatic rings. The molecule has 0 saturated carbocycles. The van der Waals surface area contributed by atoms with Gasteiger partial charge in [-0.25, -0.2) is 9.37 Å². The van der Waals surface area contributed by atoms with Crippen molar-refractivity contribution in [1.82, 2.24) is 14.5 Å². The first kappa shape index (κ1) is 11.6. The van der Waals surface area contributed by atoms with Crippen LogP contribution >= 0.6 is 0 Å². The lowest BCUT2D eigenvalue weighted by Gasteiger charge is -2.01. The highest BCUT2D eigenvalue weighted by atomic mass is 19.1. The second kappa shape index (κ2) is 5.02. The summed E-state index contributed by atoms with van der Waals surface area (Å²) >= 11 is 0. The number of halogens is 1. The van der Waals surface area contributed by atoms with Gasteiger partial charge in [-0.15, -0.1) is 0 Å². The third-order valence-corrected chi connectivity index (χ3v) is 2.84. The van der Waals surface area contributed by atoms with Crippen molar-refractivity contribution in [2.45, 2.75) is 6.54 Å². The summed E-state index contributed by atoms with van der Waals surface area (Å²) in [5.41, 5.74) is 2.72. The van der Waals surface area contributed by atoms with Crippen molar-refractivity contribution in [2.24, 2.45) is 0 Å². The predicted molar refractivity (Wildman–Crippen MR) is 71.0 cm³/mol. The molecule has 94 valence electrons. The number of hydrogen-bond acceptors (Lipinski definition) is 2. The van der Waals surface area contributed by atoms with E-state index in [9.17, 15) is 4.39 Å². The summed E-state index contributed by atoms with van der Waals surface area (Å²) in [5.74, 6) is -0.219. The molecule has 0 aliphatic carbocycles. The van der Waals surface area contributed by atoms with Crippen LogP contribution in [0.5, 0.6) is 0 Å². The maximum atomic E-state index is 12.8. The van der Waals surface area contributed by atoms with E-state index in [1.54, 1.807) is 24.7 Å². The molecule has 2 heterocycles. The highest BCUT2D eigenvalue weighted by Crippen LogP contribution is 2.14. The summed E-state index contributed by atoms with van der Waals surface area (Å²) in [4.78, 5) is 8.58. The predicted octanol–water partition coefficient (Wildman–Crippen LogP) is 3.13. The fourth-order valence-electron chi connectivity index (χ4n) is 1.89. The van der Waals surface area contributed by atoms with Crippen molar-refractivity contribution in [3.05, 3.63) is 72.6 Å². The van der Waals surface area contributed by atoms with Gasteiger partial charge < -0.3 is 4.57 Å². The molecule has 0 spiro atoms. The first-order chi connectivity index (χ1) is 9.31. The molecule has 4 heteroatoms. The molecule has 3 nitrogen and oxygen atoms in total. The van der Waals surface area contributed by atoms with E-state index >= 15 is 0 Å². The number of nitrogens with zero attached hydrogens (tertiary/aromatic N) is 3. The molecular weight excluding hydrogens is 241 g/mol. The average Bonchev–Trinajstić information content (AvgIpc) is 2.91. The van der Waals surface area contributed by atoms with Crippen LogP contribution in [0.25, 0.3) is 11.4 Å². The summed E-state index contributed by atoms with van der Waals surface area (Å²) in [6.45, 7) is 0.667. The molecule has 2 aromatic heterocycles. The molecule has 0 aliphatic heterocycles. The van der Waals surface area contributed by atoms with E-state index < -0.39 is 0 Å². The minimum atomic E-state index is -0.219. The number of rotatable bonds is 3. The van der Waals surface area contributed by atoms with Crippen LogP contribution < -0.4 is 0 Å². The monoisotopic (exact) mass is 253 g/mol. The van der Waals surface area contributed by atoms with Crippen molar-refractivity contribution in [3.8, 4) is 11.4 Å². The van der Waals surface area contributed by atoms with Gasteiger partial charge in [0.05, 0.1) is 12.0 Å². The number of pyridine rings is 1. The number of hydrogen-bond donors (Lipinski definition) is 0. The first-order valence-electron chi connectivity index (χ1n) is 5.99. The fourth-order valence-corrected chi connectivity index (χ4v) is 1.89. The molecule has 3 aromatic rings. The average molecular weight is 253 g/mol. The third kappa shape index (κ3) is 2.68. The minimum Gasteiger partial charge on any atom is -0.332 e. The highest BCUT2D eigenvalue weighted by Gasteiger charge is 2.03. The Kier molecular flexibility index (Phi) is 3.06. The van der Waals surface area contributed by atoms with Gasteiger partial charge in [-0.1, -0.05) is 18.2 Å². The topological polar surface area (TPSA) is 30.7 Å². The third-order valence-electron chi connectivity index (χ3n) is 2.84. The Balaban J connectivity index is 1.80. The molecule has 0 saturated heterocycles. The molecule has 19 heavy (non-hydrogen) atoms. The Labute approximate surface area is 110 Å². The fraction of sp³-hybridized carbons (Fsp3) is 0.0667. The van der Waals surface area contributed by atoms with Gasteiger partial charge in [-0.2, -0.15) is 0 Å². The van der Waals surface area contributed by atoms with Gasteiger partial charge >= 0.3 is 0 Å². The van der Waals surface area contributed by atoms with Crippen LogP contribution in [0.15, 0.2) is 61.2 Å². The van der Waals surface area contributed by atoms with Crippen molar-refractivity contribution in [2.75, 3.05) is 0 Å². The molecule has 1 aromatic carbocycles. The van der Waals surface area contributed by atoms with Crippen LogP contribution in [0, 0.1) is 5.82 Å². The quantitative estimate of drug-likeness (QED) is 0.718. The van der Waals surface area contributed by atoms with E-state index in [1.165, 1.54) is 12.1 Å². The summed E-state index contributed by atoms with van der Waals surface area (Å²) in [6.07, 6.45) is 5.44. The number of imidazole rings is 1. The van der Waals surface area contributed by atoms with Crippen molar-refractivity contribution in [3.63, 3.8) is 0 Å². The smallest absolute Gasteiger partial charge is 0.123 e. The Bertz CT molecular complexity index is 659. The largest absolute Gasteiger partial charge is 0.332 e. The summed E-state index contributed by atoms with van der Waals surface area (Å²) in [6, 6.07) is 12.2. The normalized spacial score (nSPS) is 10.6. The van der Waals surface area contributed by atoms with Crippen LogP contribution in [0.4, 0.5) is 4.39 Å². The molecule has 0 atom stereocenters. The lowest BCUT2D eigenvalue weighted by Crippen LogP contribution is -1.96. The first-order valence-corrected chi connectivity index (χ1v) is 5.99. The van der Waals surface area contributed by atoms with Gasteiger partial charge in [0.2, 0.25) is 0 Å². The van der Waals surface area contributed by atoms with Crippen molar-refractivity contribution < 1.29 is 4.39 Å². The van der Waals surface area contributed by atoms with Crippen LogP contribution in [0.3, 0.4) is 0 Å². The van der Waals surface area contributed by atoms with Crippen molar-refractivity contribution >= 4 is 0 Å². The van der Waals surface area contributed by atoms with E-state index in [0.29, 0.717) is 6.54 Å². The van der Waals surface area contributed by atoms with Gasteiger partial charge in [0.15, 0.2) is 0 Å². The summed E-state index contributed by atoms with van der Waals surface area (Å²) in [7, 11) is 0. The van der Waals surface area contributed by atoms with Crippen LogP contribution in [-0.2, 0) is 6.54 Å². The SMILES string of the molecule is Fc1ccc(Cn2cnc(-c3ccccn3)c2)cc1. The Hall–Kier alpha value is -2.49. The molecule has 3 rings (SSSR count). The lowest BCUT2D eigenvalue weighted by atomic mass is 10.2. The molecule has 0 bridgehead atoms. The van der Waals surface area contributed by atoms with Gasteiger partial charge in [0.25, 0.3) is 0 Å². The van der Waals surface area contributed by atoms with Crippen molar-refractivity contribution in [1.29, 1.82) is 0 Å². The molecule has 0 amide bonds. The second-order valence-corrected chi connectivity index (χ2v) is 4.27. The second-order valence-electron chi connectivity index (χ2n) is 4.27. The van der Waals surface area contributed by atoms with E-state index in [4.69, 9.17) is 0 Å². The molecule has 0 N–H and O–H groups in total. The van der Waals surface area contributed by atoms with Gasteiger partial charge in [0.1, 0.15) is 11.5 Å². The zero-order valence-corrected chi connectivity index (χ0v) is 10.2. The van der Waals surface area contributed by atoms with Crippen LogP contribution in [0.1, 0.15) is 5.56 Å². The van der Waals surface area contributed by atoms with Crippen LogP contribution in [0.2, 0.25) is 0 Å². The van der Waals surface area contributed by atoms with E-state index in [0.717, 1.165) is 17.0 Å². The highest BCUT2D eigenvalue weighted by molar-refractivity contribution is 5.52. The van der Waals surface area contributed by atoms with E-state index in [2.05, 4.69) is 9.97 Å². The Morgan fingerprint density at radius 1 is 0.947 bits per heavy atom. The van der Waals surface area contributed by atoms with E-state index in [-0.39, 0.29) is 5.82 Å². The Morgan fingerprint density at radius 2 is 1.79 bits per heavy atom. The molecular formula is C15H12FN3. The summed E-state index contributed by atoms with van der Waals surface area (Å²) in [5, 5.41) is 0. The van der Waals surface area contributed by atoms with Gasteiger partial charge in [0, 0.05) is 18.9 Å². The van der Waals surface area contributed by atoms with Crippen LogP contribution in [-0.4, -0.2) is 14.5 Å². The van der Waals surface area contributed by atoms with Gasteiger partial charge in [-0.3, -0.25) is 4.98 Å². The molecule has 0 radical (unpaired) electrons. The Morgan fingerprint density at radius 3 is 2.53 bits per heavy atom. The summed E-state index contributed by atoms with van der Waals surface area (Å²) < 4.78 is 14.8. The lowest BCUT2D eigenvalue weighted by molar-refractivity contribution is 0.626. The van der Waals surface area contributed by atoms with E-state index in [1.807, 2.05) is 29.0 Å². The van der Waals surface area contributed by atoms with Gasteiger partial charge in [-0.05, 0) is 29.8 Å². The maximum absolute atomic E-state index is 12.8. The molecule has 0 fully saturated rings. The number of aromatic nitrogens is 3. The molecule has 0 unspecified atom stereocenters. The zero-order chi connectivity index (χ0) is 13.1. The number of benzene rings is 1. The maximum Gasteiger partial charge on any atom is 0.123 e. The zero-order valence-electron chi connectivity index (χ0n) is 10.2. The minimum absolute atomic E-state index is 0.219.